The van der Waals surface area contributed by atoms with Crippen molar-refractivity contribution in [3.63, 3.8) is 0 Å². The number of ether oxygens (including phenoxy) is 1. The molecule has 1 fully saturated rings. The fourth-order valence-corrected chi connectivity index (χ4v) is 5.75. The minimum Gasteiger partial charge on any atom is -0.497 e. The van der Waals surface area contributed by atoms with Crippen LogP contribution < -0.4 is 15.0 Å². The molecule has 1 heterocycles. The van der Waals surface area contributed by atoms with Gasteiger partial charge in [0.15, 0.2) is 0 Å². The van der Waals surface area contributed by atoms with Crippen molar-refractivity contribution in [1.29, 1.82) is 0 Å². The Kier molecular flexibility index (Phi) is 6.62. The normalized spacial score (nSPS) is 16.9. The molecule has 0 aromatic heterocycles. The highest BCUT2D eigenvalue weighted by atomic mass is 32.2. The van der Waals surface area contributed by atoms with Gasteiger partial charge in [0, 0.05) is 18.2 Å². The lowest BCUT2D eigenvalue weighted by molar-refractivity contribution is -0.122. The minimum atomic E-state index is -4.12. The van der Waals surface area contributed by atoms with E-state index in [0.717, 1.165) is 9.21 Å². The average molecular weight is 474 g/mol. The lowest BCUT2D eigenvalue weighted by atomic mass is 10.1. The number of imide groups is 1. The quantitative estimate of drug-likeness (QED) is 0.646. The maximum Gasteiger partial charge on any atom is 0.252 e. The molecule has 9 nitrogen and oxygen atoms in total. The van der Waals surface area contributed by atoms with Crippen LogP contribution in [0.3, 0.4) is 0 Å². The molecule has 33 heavy (non-hydrogen) atoms. The number of amides is 3. The van der Waals surface area contributed by atoms with Crippen LogP contribution in [0.5, 0.6) is 5.75 Å². The first kappa shape index (κ1) is 24.4. The van der Waals surface area contributed by atoms with Crippen LogP contribution in [0.4, 0.5) is 11.4 Å². The molecule has 3 rings (SSSR count). The van der Waals surface area contributed by atoms with Crippen molar-refractivity contribution in [2.75, 3.05) is 17.3 Å². The summed E-state index contributed by atoms with van der Waals surface area (Å²) in [5.74, 6) is -0.881. The summed E-state index contributed by atoms with van der Waals surface area (Å²) >= 11 is 0. The van der Waals surface area contributed by atoms with Crippen molar-refractivity contribution in [2.24, 2.45) is 0 Å². The number of rotatable bonds is 6. The first-order chi connectivity index (χ1) is 15.4. The maximum absolute atomic E-state index is 13.6. The Balaban J connectivity index is 1.97. The molecule has 1 aliphatic heterocycles. The number of carbonyl (C=O) groups is 3. The van der Waals surface area contributed by atoms with Gasteiger partial charge in [0.05, 0.1) is 24.1 Å². The number of carbonyl (C=O) groups excluding carboxylic acids is 3. The number of nitrogens with zero attached hydrogens (tertiary/aromatic N) is 2. The molecule has 0 radical (unpaired) electrons. The molecule has 2 aromatic rings. The van der Waals surface area contributed by atoms with E-state index in [1.807, 2.05) is 0 Å². The molecule has 0 bridgehead atoms. The van der Waals surface area contributed by atoms with Gasteiger partial charge in [0.2, 0.25) is 21.8 Å². The van der Waals surface area contributed by atoms with Crippen LogP contribution in [0.1, 0.15) is 34.1 Å². The summed E-state index contributed by atoms with van der Waals surface area (Å²) in [5, 5.41) is 2.61. The van der Waals surface area contributed by atoms with Gasteiger partial charge >= 0.3 is 0 Å². The standard InChI is InChI=1S/C23H27N3O6S/c1-15(27)24-16-6-8-17(9-7-16)25-21(28)14-20(22(25)29)26(23(2,3)4)33(30,31)19-12-10-18(32-5)11-13-19/h6-13,20H,14H2,1-5H3,(H,24,27). The third kappa shape index (κ3) is 4.91. The summed E-state index contributed by atoms with van der Waals surface area (Å²) in [6, 6.07) is 10.9. The molecule has 1 atom stereocenters. The molecule has 1 N–H and O–H groups in total. The van der Waals surface area contributed by atoms with Crippen molar-refractivity contribution in [2.45, 2.75) is 50.6 Å². The van der Waals surface area contributed by atoms with Crippen LogP contribution in [0.25, 0.3) is 0 Å². The van der Waals surface area contributed by atoms with Crippen molar-refractivity contribution >= 4 is 39.1 Å². The number of hydrogen-bond acceptors (Lipinski definition) is 6. The van der Waals surface area contributed by atoms with E-state index in [9.17, 15) is 22.8 Å². The second kappa shape index (κ2) is 8.95. The summed E-state index contributed by atoms with van der Waals surface area (Å²) in [7, 11) is -2.64. The Morgan fingerprint density at radius 3 is 2.12 bits per heavy atom. The molecule has 0 saturated carbocycles. The Labute approximate surface area is 193 Å². The van der Waals surface area contributed by atoms with Gasteiger partial charge in [0.25, 0.3) is 5.91 Å². The van der Waals surface area contributed by atoms with E-state index in [0.29, 0.717) is 17.1 Å². The topological polar surface area (TPSA) is 113 Å². The largest absolute Gasteiger partial charge is 0.497 e. The van der Waals surface area contributed by atoms with E-state index in [4.69, 9.17) is 4.74 Å². The average Bonchev–Trinajstić information content (AvgIpc) is 3.00. The number of hydrogen-bond donors (Lipinski definition) is 1. The van der Waals surface area contributed by atoms with Crippen molar-refractivity contribution in [3.8, 4) is 5.75 Å². The molecule has 3 amide bonds. The van der Waals surface area contributed by atoms with E-state index in [1.54, 1.807) is 32.9 Å². The Hall–Kier alpha value is -3.24. The van der Waals surface area contributed by atoms with Crippen LogP contribution in [-0.4, -0.2) is 49.1 Å². The molecule has 176 valence electrons. The number of benzene rings is 2. The van der Waals surface area contributed by atoms with Gasteiger partial charge in [-0.25, -0.2) is 13.3 Å². The Morgan fingerprint density at radius 1 is 1.06 bits per heavy atom. The predicted octanol–water partition coefficient (Wildman–Crippen LogP) is 2.77. The monoisotopic (exact) mass is 473 g/mol. The molecular formula is C23H27N3O6S. The predicted molar refractivity (Wildman–Crippen MR) is 123 cm³/mol. The molecule has 1 aliphatic rings. The molecule has 0 spiro atoms. The zero-order chi connectivity index (χ0) is 24.6. The Morgan fingerprint density at radius 2 is 1.64 bits per heavy atom. The molecule has 2 aromatic carbocycles. The van der Waals surface area contributed by atoms with Gasteiger partial charge < -0.3 is 10.1 Å². The summed E-state index contributed by atoms with van der Waals surface area (Å²) in [6.07, 6.45) is -0.279. The van der Waals surface area contributed by atoms with Crippen molar-refractivity contribution < 1.29 is 27.5 Å². The van der Waals surface area contributed by atoms with Crippen LogP contribution in [0.2, 0.25) is 0 Å². The maximum atomic E-state index is 13.6. The second-order valence-electron chi connectivity index (χ2n) is 8.66. The molecule has 10 heteroatoms. The van der Waals surface area contributed by atoms with E-state index < -0.39 is 33.4 Å². The van der Waals surface area contributed by atoms with Crippen LogP contribution in [0.15, 0.2) is 53.4 Å². The fourth-order valence-electron chi connectivity index (χ4n) is 3.82. The van der Waals surface area contributed by atoms with Crippen molar-refractivity contribution in [1.82, 2.24) is 4.31 Å². The SMILES string of the molecule is COc1ccc(S(=O)(=O)N(C2CC(=O)N(c3ccc(NC(C)=O)cc3)C2=O)C(C)(C)C)cc1. The number of nitrogens with one attached hydrogen (secondary N) is 1. The zero-order valence-corrected chi connectivity index (χ0v) is 20.0. The highest BCUT2D eigenvalue weighted by Crippen LogP contribution is 2.34. The number of anilines is 2. The summed E-state index contributed by atoms with van der Waals surface area (Å²) in [6.45, 7) is 6.40. The third-order valence-electron chi connectivity index (χ3n) is 5.13. The first-order valence-electron chi connectivity index (χ1n) is 10.3. The molecule has 1 saturated heterocycles. The highest BCUT2D eigenvalue weighted by molar-refractivity contribution is 7.89. The lowest BCUT2D eigenvalue weighted by Crippen LogP contribution is -2.54. The minimum absolute atomic E-state index is 0.00316. The summed E-state index contributed by atoms with van der Waals surface area (Å²) in [4.78, 5) is 38.4. The molecule has 0 aliphatic carbocycles. The van der Waals surface area contributed by atoms with Crippen LogP contribution >= 0.6 is 0 Å². The van der Waals surface area contributed by atoms with Crippen molar-refractivity contribution in [3.05, 3.63) is 48.5 Å². The third-order valence-corrected chi connectivity index (χ3v) is 7.32. The first-order valence-corrected chi connectivity index (χ1v) is 11.7. The zero-order valence-electron chi connectivity index (χ0n) is 19.2. The van der Waals surface area contributed by atoms with Gasteiger partial charge in [-0.05, 0) is 69.3 Å². The van der Waals surface area contributed by atoms with Crippen LogP contribution in [-0.2, 0) is 24.4 Å². The smallest absolute Gasteiger partial charge is 0.252 e. The van der Waals surface area contributed by atoms with E-state index in [-0.39, 0.29) is 17.2 Å². The van der Waals surface area contributed by atoms with Gasteiger partial charge in [-0.15, -0.1) is 0 Å². The molecular weight excluding hydrogens is 446 g/mol. The highest BCUT2D eigenvalue weighted by Gasteiger charge is 2.50. The van der Waals surface area contributed by atoms with E-state index >= 15 is 0 Å². The molecule has 1 unspecified atom stereocenters. The van der Waals surface area contributed by atoms with Gasteiger partial charge in [-0.1, -0.05) is 0 Å². The summed E-state index contributed by atoms with van der Waals surface area (Å²) < 4.78 is 33.3. The van der Waals surface area contributed by atoms with Crippen LogP contribution in [0, 0.1) is 0 Å². The second-order valence-corrected chi connectivity index (χ2v) is 10.5. The Bertz CT molecular complexity index is 1170. The number of sulfonamides is 1. The number of methoxy groups -OCH3 is 1. The van der Waals surface area contributed by atoms with Gasteiger partial charge in [0.1, 0.15) is 11.8 Å². The lowest BCUT2D eigenvalue weighted by Gasteiger charge is -2.37. The van der Waals surface area contributed by atoms with E-state index in [1.165, 1.54) is 50.4 Å². The van der Waals surface area contributed by atoms with Gasteiger partial charge in [-0.3, -0.25) is 14.4 Å². The van der Waals surface area contributed by atoms with Gasteiger partial charge in [-0.2, -0.15) is 4.31 Å². The fraction of sp³-hybridized carbons (Fsp3) is 0.348. The summed E-state index contributed by atoms with van der Waals surface area (Å²) in [5.41, 5.74) is -0.164. The van der Waals surface area contributed by atoms with E-state index in [2.05, 4.69) is 5.32 Å².